The zero-order valence-corrected chi connectivity index (χ0v) is 13.2. The molecule has 3 nitrogen and oxygen atoms in total. The number of piperidine rings is 1. The monoisotopic (exact) mass is 295 g/mol. The standard InChI is InChI=1S/C19H25N3/c1-2-12-22(13-3-1)16-19-6-4-17(5-7-19)14-21-15-18-8-10-20-11-9-18/h4-11,21H,1-3,12-16H2. The van der Waals surface area contributed by atoms with Crippen molar-refractivity contribution < 1.29 is 0 Å². The number of aromatic nitrogens is 1. The van der Waals surface area contributed by atoms with Crippen molar-refractivity contribution in [3.63, 3.8) is 0 Å². The summed E-state index contributed by atoms with van der Waals surface area (Å²) in [4.78, 5) is 6.61. The van der Waals surface area contributed by atoms with Crippen molar-refractivity contribution in [2.45, 2.75) is 38.9 Å². The van der Waals surface area contributed by atoms with Crippen LogP contribution in [0.2, 0.25) is 0 Å². The van der Waals surface area contributed by atoms with E-state index in [4.69, 9.17) is 0 Å². The van der Waals surface area contributed by atoms with Crippen molar-refractivity contribution >= 4 is 0 Å². The van der Waals surface area contributed by atoms with E-state index in [0.29, 0.717) is 0 Å². The summed E-state index contributed by atoms with van der Waals surface area (Å²) in [6, 6.07) is 13.2. The van der Waals surface area contributed by atoms with E-state index in [1.165, 1.54) is 49.0 Å². The number of pyridine rings is 1. The van der Waals surface area contributed by atoms with E-state index in [1.54, 1.807) is 0 Å². The average Bonchev–Trinajstić information content (AvgIpc) is 2.58. The van der Waals surface area contributed by atoms with E-state index in [9.17, 15) is 0 Å². The van der Waals surface area contributed by atoms with E-state index >= 15 is 0 Å². The average molecular weight is 295 g/mol. The fourth-order valence-corrected chi connectivity index (χ4v) is 2.99. The molecule has 0 bridgehead atoms. The van der Waals surface area contributed by atoms with E-state index in [1.807, 2.05) is 12.4 Å². The maximum atomic E-state index is 4.04. The Labute approximate surface area is 133 Å². The molecule has 1 fully saturated rings. The van der Waals surface area contributed by atoms with Crippen molar-refractivity contribution in [2.75, 3.05) is 13.1 Å². The minimum Gasteiger partial charge on any atom is -0.309 e. The van der Waals surface area contributed by atoms with Gasteiger partial charge in [0.05, 0.1) is 0 Å². The highest BCUT2D eigenvalue weighted by Gasteiger charge is 2.09. The minimum absolute atomic E-state index is 0.887. The second kappa shape index (κ2) is 8.06. The fourth-order valence-electron chi connectivity index (χ4n) is 2.99. The van der Waals surface area contributed by atoms with Crippen LogP contribution in [0.4, 0.5) is 0 Å². The number of rotatable bonds is 6. The molecule has 22 heavy (non-hydrogen) atoms. The first kappa shape index (κ1) is 15.2. The highest BCUT2D eigenvalue weighted by Crippen LogP contribution is 2.13. The number of nitrogens with one attached hydrogen (secondary N) is 1. The molecule has 3 heteroatoms. The summed E-state index contributed by atoms with van der Waals surface area (Å²) < 4.78 is 0. The van der Waals surface area contributed by atoms with Gasteiger partial charge in [-0.3, -0.25) is 9.88 Å². The van der Waals surface area contributed by atoms with Gasteiger partial charge < -0.3 is 5.32 Å². The van der Waals surface area contributed by atoms with E-state index < -0.39 is 0 Å². The Balaban J connectivity index is 1.44. The maximum absolute atomic E-state index is 4.04. The lowest BCUT2D eigenvalue weighted by molar-refractivity contribution is 0.221. The van der Waals surface area contributed by atoms with Crippen molar-refractivity contribution in [3.05, 3.63) is 65.5 Å². The van der Waals surface area contributed by atoms with Gasteiger partial charge in [0.15, 0.2) is 0 Å². The first-order valence-electron chi connectivity index (χ1n) is 8.30. The topological polar surface area (TPSA) is 28.2 Å². The van der Waals surface area contributed by atoms with Crippen molar-refractivity contribution in [3.8, 4) is 0 Å². The van der Waals surface area contributed by atoms with Crippen LogP contribution in [0, 0.1) is 0 Å². The summed E-state index contributed by atoms with van der Waals surface area (Å²) in [5, 5.41) is 3.48. The van der Waals surface area contributed by atoms with Gasteiger partial charge in [-0.1, -0.05) is 30.7 Å². The molecule has 1 N–H and O–H groups in total. The normalized spacial score (nSPS) is 15.8. The number of nitrogens with zero attached hydrogens (tertiary/aromatic N) is 2. The van der Waals surface area contributed by atoms with Crippen molar-refractivity contribution in [1.29, 1.82) is 0 Å². The van der Waals surface area contributed by atoms with Crippen LogP contribution in [0.15, 0.2) is 48.8 Å². The van der Waals surface area contributed by atoms with Crippen LogP contribution in [0.5, 0.6) is 0 Å². The van der Waals surface area contributed by atoms with Crippen LogP contribution in [-0.2, 0) is 19.6 Å². The molecule has 0 spiro atoms. The van der Waals surface area contributed by atoms with E-state index in [0.717, 1.165) is 19.6 Å². The molecular formula is C19H25N3. The number of hydrogen-bond acceptors (Lipinski definition) is 3. The van der Waals surface area contributed by atoms with Crippen LogP contribution in [0.3, 0.4) is 0 Å². The van der Waals surface area contributed by atoms with Crippen molar-refractivity contribution in [2.24, 2.45) is 0 Å². The van der Waals surface area contributed by atoms with E-state index in [2.05, 4.69) is 51.6 Å². The van der Waals surface area contributed by atoms with Gasteiger partial charge >= 0.3 is 0 Å². The van der Waals surface area contributed by atoms with Gasteiger partial charge in [-0.2, -0.15) is 0 Å². The van der Waals surface area contributed by atoms with Crippen LogP contribution < -0.4 is 5.32 Å². The summed E-state index contributed by atoms with van der Waals surface area (Å²) >= 11 is 0. The van der Waals surface area contributed by atoms with Gasteiger partial charge in [-0.15, -0.1) is 0 Å². The molecule has 1 aliphatic heterocycles. The predicted molar refractivity (Wildman–Crippen MR) is 90.4 cm³/mol. The second-order valence-corrected chi connectivity index (χ2v) is 6.11. The Morgan fingerprint density at radius 2 is 1.36 bits per heavy atom. The van der Waals surface area contributed by atoms with Crippen LogP contribution in [-0.4, -0.2) is 23.0 Å². The van der Waals surface area contributed by atoms with Crippen LogP contribution in [0.1, 0.15) is 36.0 Å². The molecule has 0 radical (unpaired) electrons. The molecule has 116 valence electrons. The Kier molecular flexibility index (Phi) is 5.57. The highest BCUT2D eigenvalue weighted by molar-refractivity contribution is 5.22. The highest BCUT2D eigenvalue weighted by atomic mass is 15.1. The molecule has 1 aromatic heterocycles. The van der Waals surface area contributed by atoms with Gasteiger partial charge in [0.2, 0.25) is 0 Å². The molecular weight excluding hydrogens is 270 g/mol. The third-order valence-corrected chi connectivity index (χ3v) is 4.29. The molecule has 1 aromatic carbocycles. The van der Waals surface area contributed by atoms with Gasteiger partial charge in [0, 0.05) is 32.0 Å². The van der Waals surface area contributed by atoms with Gasteiger partial charge in [-0.25, -0.2) is 0 Å². The smallest absolute Gasteiger partial charge is 0.0271 e. The van der Waals surface area contributed by atoms with Gasteiger partial charge in [-0.05, 0) is 54.8 Å². The summed E-state index contributed by atoms with van der Waals surface area (Å²) in [6.07, 6.45) is 7.80. The third kappa shape index (κ3) is 4.65. The number of benzene rings is 1. The maximum Gasteiger partial charge on any atom is 0.0271 e. The van der Waals surface area contributed by atoms with Crippen LogP contribution >= 0.6 is 0 Å². The molecule has 1 saturated heterocycles. The lowest BCUT2D eigenvalue weighted by atomic mass is 10.1. The molecule has 0 aliphatic carbocycles. The zero-order chi connectivity index (χ0) is 15.0. The molecule has 3 rings (SSSR count). The number of hydrogen-bond donors (Lipinski definition) is 1. The second-order valence-electron chi connectivity index (χ2n) is 6.11. The van der Waals surface area contributed by atoms with Crippen molar-refractivity contribution in [1.82, 2.24) is 15.2 Å². The number of likely N-dealkylation sites (tertiary alicyclic amines) is 1. The summed E-state index contributed by atoms with van der Waals surface area (Å²) in [7, 11) is 0. The summed E-state index contributed by atoms with van der Waals surface area (Å²) in [6.45, 7) is 5.42. The molecule has 2 aromatic rings. The summed E-state index contributed by atoms with van der Waals surface area (Å²) in [5.74, 6) is 0. The van der Waals surface area contributed by atoms with Crippen LogP contribution in [0.25, 0.3) is 0 Å². The first-order chi connectivity index (χ1) is 10.9. The zero-order valence-electron chi connectivity index (χ0n) is 13.2. The third-order valence-electron chi connectivity index (χ3n) is 4.29. The molecule has 2 heterocycles. The van der Waals surface area contributed by atoms with Gasteiger partial charge in [0.25, 0.3) is 0 Å². The molecule has 0 saturated carbocycles. The Morgan fingerprint density at radius 3 is 2.05 bits per heavy atom. The first-order valence-corrected chi connectivity index (χ1v) is 8.30. The Hall–Kier alpha value is -1.71. The lowest BCUT2D eigenvalue weighted by Gasteiger charge is -2.26. The molecule has 0 unspecified atom stereocenters. The Morgan fingerprint density at radius 1 is 0.773 bits per heavy atom. The van der Waals surface area contributed by atoms with E-state index in [-0.39, 0.29) is 0 Å². The molecule has 0 amide bonds. The summed E-state index contributed by atoms with van der Waals surface area (Å²) in [5.41, 5.74) is 4.05. The van der Waals surface area contributed by atoms with Gasteiger partial charge in [0.1, 0.15) is 0 Å². The Bertz CT molecular complexity index is 545. The minimum atomic E-state index is 0.887. The molecule has 0 atom stereocenters. The SMILES string of the molecule is c1cc(CNCc2ccc(CN3CCCCC3)cc2)ccn1. The lowest BCUT2D eigenvalue weighted by Crippen LogP contribution is -2.29. The quantitative estimate of drug-likeness (QED) is 0.886. The fraction of sp³-hybridized carbons (Fsp3) is 0.421. The largest absolute Gasteiger partial charge is 0.309 e. The predicted octanol–water partition coefficient (Wildman–Crippen LogP) is 3.36. The molecule has 1 aliphatic rings.